The fourth-order valence-electron chi connectivity index (χ4n) is 3.59. The van der Waals surface area contributed by atoms with E-state index < -0.39 is 14.9 Å². The van der Waals surface area contributed by atoms with Gasteiger partial charge in [0.2, 0.25) is 15.9 Å². The van der Waals surface area contributed by atoms with Gasteiger partial charge in [0.25, 0.3) is 5.69 Å². The van der Waals surface area contributed by atoms with Crippen LogP contribution in [0.4, 0.5) is 17.1 Å². The third-order valence-electron chi connectivity index (χ3n) is 5.15. The Balaban J connectivity index is 1.73. The molecule has 0 aliphatic carbocycles. The van der Waals surface area contributed by atoms with E-state index in [4.69, 9.17) is 11.6 Å². The van der Waals surface area contributed by atoms with Gasteiger partial charge in [-0.1, -0.05) is 25.4 Å². The molecule has 2 aromatic rings. The molecule has 0 radical (unpaired) electrons. The summed E-state index contributed by atoms with van der Waals surface area (Å²) in [5, 5.41) is 13.6. The van der Waals surface area contributed by atoms with Crippen LogP contribution < -0.4 is 10.2 Å². The summed E-state index contributed by atoms with van der Waals surface area (Å²) in [7, 11) is -3.55. The number of nitrogens with zero attached hydrogens (tertiary/aromatic N) is 3. The van der Waals surface area contributed by atoms with Crippen molar-refractivity contribution in [3.8, 4) is 0 Å². The lowest BCUT2D eigenvalue weighted by molar-refractivity contribution is -0.384. The van der Waals surface area contributed by atoms with E-state index in [0.717, 1.165) is 11.3 Å². The number of hydrogen-bond donors (Lipinski definition) is 1. The molecule has 31 heavy (non-hydrogen) atoms. The van der Waals surface area contributed by atoms with E-state index in [2.05, 4.69) is 5.32 Å². The summed E-state index contributed by atoms with van der Waals surface area (Å²) < 4.78 is 26.9. The summed E-state index contributed by atoms with van der Waals surface area (Å²) in [4.78, 5) is 25.0. The summed E-state index contributed by atoms with van der Waals surface area (Å²) in [6.45, 7) is 4.98. The van der Waals surface area contributed by atoms with Crippen molar-refractivity contribution in [3.05, 3.63) is 57.1 Å². The van der Waals surface area contributed by atoms with Crippen LogP contribution in [0.2, 0.25) is 5.02 Å². The Morgan fingerprint density at radius 3 is 2.58 bits per heavy atom. The van der Waals surface area contributed by atoms with Gasteiger partial charge in [-0.3, -0.25) is 14.9 Å². The minimum Gasteiger partial charge on any atom is -0.362 e. The summed E-state index contributed by atoms with van der Waals surface area (Å²) in [5.41, 5.74) is 1.66. The molecule has 0 unspecified atom stereocenters. The van der Waals surface area contributed by atoms with Crippen LogP contribution in [0, 0.1) is 10.1 Å². The standard InChI is InChI=1S/C20H23ClN4O5S/c1-3-24(4-2)31(29,30)16-6-8-18-14(11-16)9-10-23(18)13-20(26)22-15-5-7-17(21)19(12-15)25(27)28/h5-8,11-12H,3-4,9-10,13H2,1-2H3,(H,22,26). The molecule has 1 aliphatic rings. The molecule has 166 valence electrons. The number of rotatable bonds is 8. The van der Waals surface area contributed by atoms with Crippen LogP contribution >= 0.6 is 11.6 Å². The number of hydrogen-bond acceptors (Lipinski definition) is 6. The highest BCUT2D eigenvalue weighted by molar-refractivity contribution is 7.89. The molecule has 9 nitrogen and oxygen atoms in total. The van der Waals surface area contributed by atoms with Crippen LogP contribution in [-0.2, 0) is 21.2 Å². The minimum absolute atomic E-state index is 0.00747. The average molecular weight is 467 g/mol. The maximum atomic E-state index is 12.7. The zero-order chi connectivity index (χ0) is 22.8. The molecular weight excluding hydrogens is 444 g/mol. The lowest BCUT2D eigenvalue weighted by Gasteiger charge is -2.21. The van der Waals surface area contributed by atoms with Crippen LogP contribution in [0.1, 0.15) is 19.4 Å². The van der Waals surface area contributed by atoms with Crippen molar-refractivity contribution in [2.24, 2.45) is 0 Å². The van der Waals surface area contributed by atoms with E-state index >= 15 is 0 Å². The highest BCUT2D eigenvalue weighted by atomic mass is 35.5. The number of nitro groups is 1. The number of fused-ring (bicyclic) bond motifs is 1. The smallest absolute Gasteiger partial charge is 0.289 e. The first-order valence-electron chi connectivity index (χ1n) is 9.79. The second-order valence-electron chi connectivity index (χ2n) is 7.02. The number of nitro benzene ring substituents is 1. The van der Waals surface area contributed by atoms with Gasteiger partial charge < -0.3 is 10.2 Å². The van der Waals surface area contributed by atoms with Gasteiger partial charge in [-0.25, -0.2) is 8.42 Å². The first kappa shape index (κ1) is 23.0. The molecule has 1 amide bonds. The fourth-order valence-corrected chi connectivity index (χ4v) is 5.28. The number of carbonyl (C=O) groups excluding carboxylic acids is 1. The topological polar surface area (TPSA) is 113 Å². The molecule has 11 heteroatoms. The highest BCUT2D eigenvalue weighted by Crippen LogP contribution is 2.31. The van der Waals surface area contributed by atoms with E-state index in [1.807, 2.05) is 4.90 Å². The maximum absolute atomic E-state index is 12.7. The second kappa shape index (κ2) is 9.21. The molecule has 0 bridgehead atoms. The monoisotopic (exact) mass is 466 g/mol. The van der Waals surface area contributed by atoms with Gasteiger partial charge in [0, 0.05) is 37.1 Å². The van der Waals surface area contributed by atoms with Crippen LogP contribution in [0.15, 0.2) is 41.3 Å². The second-order valence-corrected chi connectivity index (χ2v) is 9.37. The Hall–Kier alpha value is -2.69. The molecule has 0 atom stereocenters. The predicted molar refractivity (Wildman–Crippen MR) is 119 cm³/mol. The number of amides is 1. The number of halogens is 1. The minimum atomic E-state index is -3.55. The van der Waals surface area contributed by atoms with E-state index in [1.165, 1.54) is 22.5 Å². The molecule has 1 N–H and O–H groups in total. The molecular formula is C20H23ClN4O5S. The zero-order valence-corrected chi connectivity index (χ0v) is 18.7. The lowest BCUT2D eigenvalue weighted by Crippen LogP contribution is -2.32. The van der Waals surface area contributed by atoms with E-state index in [0.29, 0.717) is 26.1 Å². The van der Waals surface area contributed by atoms with Crippen molar-refractivity contribution in [2.45, 2.75) is 25.2 Å². The van der Waals surface area contributed by atoms with Crippen LogP contribution in [0.25, 0.3) is 0 Å². The Labute approximate surface area is 185 Å². The number of benzene rings is 2. The van der Waals surface area contributed by atoms with Crippen LogP contribution in [-0.4, -0.2) is 49.7 Å². The molecule has 0 saturated carbocycles. The molecule has 2 aromatic carbocycles. The molecule has 0 saturated heterocycles. The maximum Gasteiger partial charge on any atom is 0.289 e. The van der Waals surface area contributed by atoms with Crippen molar-refractivity contribution in [2.75, 3.05) is 36.4 Å². The Morgan fingerprint density at radius 2 is 1.94 bits per heavy atom. The van der Waals surface area contributed by atoms with E-state index in [-0.39, 0.29) is 33.7 Å². The quantitative estimate of drug-likeness (QED) is 0.471. The van der Waals surface area contributed by atoms with E-state index in [1.54, 1.807) is 32.0 Å². The fraction of sp³-hybridized carbons (Fsp3) is 0.350. The van der Waals surface area contributed by atoms with E-state index in [9.17, 15) is 23.3 Å². The number of anilines is 2. The molecule has 0 fully saturated rings. The number of sulfonamides is 1. The van der Waals surface area contributed by atoms with Crippen molar-refractivity contribution < 1.29 is 18.1 Å². The van der Waals surface area contributed by atoms with Gasteiger partial charge in [-0.15, -0.1) is 0 Å². The molecule has 1 heterocycles. The molecule has 3 rings (SSSR count). The van der Waals surface area contributed by atoms with Crippen LogP contribution in [0.3, 0.4) is 0 Å². The third kappa shape index (κ3) is 4.81. The van der Waals surface area contributed by atoms with Crippen molar-refractivity contribution in [3.63, 3.8) is 0 Å². The van der Waals surface area contributed by atoms with Crippen molar-refractivity contribution in [1.29, 1.82) is 0 Å². The van der Waals surface area contributed by atoms with Gasteiger partial charge in [-0.2, -0.15) is 4.31 Å². The lowest BCUT2D eigenvalue weighted by atomic mass is 10.2. The first-order chi connectivity index (χ1) is 14.7. The van der Waals surface area contributed by atoms with Gasteiger partial charge >= 0.3 is 0 Å². The Kier molecular flexibility index (Phi) is 6.83. The summed E-state index contributed by atoms with van der Waals surface area (Å²) >= 11 is 5.80. The number of carbonyl (C=O) groups is 1. The van der Waals surface area contributed by atoms with Gasteiger partial charge in [0.1, 0.15) is 5.02 Å². The summed E-state index contributed by atoms with van der Waals surface area (Å²) in [6.07, 6.45) is 0.622. The largest absolute Gasteiger partial charge is 0.362 e. The summed E-state index contributed by atoms with van der Waals surface area (Å²) in [5.74, 6) is -0.343. The van der Waals surface area contributed by atoms with Crippen molar-refractivity contribution >= 4 is 44.6 Å². The van der Waals surface area contributed by atoms with Gasteiger partial charge in [0.05, 0.1) is 16.4 Å². The van der Waals surface area contributed by atoms with Gasteiger partial charge in [-0.05, 0) is 42.3 Å². The molecule has 1 aliphatic heterocycles. The zero-order valence-electron chi connectivity index (χ0n) is 17.2. The Bertz CT molecular complexity index is 1120. The first-order valence-corrected chi connectivity index (χ1v) is 11.6. The van der Waals surface area contributed by atoms with Gasteiger partial charge in [0.15, 0.2) is 0 Å². The predicted octanol–water partition coefficient (Wildman–Crippen LogP) is 3.28. The van der Waals surface area contributed by atoms with Crippen molar-refractivity contribution in [1.82, 2.24) is 4.31 Å². The summed E-state index contributed by atoms with van der Waals surface area (Å²) in [6, 6.07) is 9.02. The normalized spacial score (nSPS) is 13.4. The molecule has 0 spiro atoms. The average Bonchev–Trinajstić information content (AvgIpc) is 3.12. The molecule has 0 aromatic heterocycles. The van der Waals surface area contributed by atoms with Crippen LogP contribution in [0.5, 0.6) is 0 Å². The SMILES string of the molecule is CCN(CC)S(=O)(=O)c1ccc2c(c1)CCN2CC(=O)Nc1ccc(Cl)c([N+](=O)[O-])c1. The third-order valence-corrected chi connectivity index (χ3v) is 7.51. The Morgan fingerprint density at radius 1 is 1.23 bits per heavy atom. The number of nitrogens with one attached hydrogen (secondary N) is 1. The highest BCUT2D eigenvalue weighted by Gasteiger charge is 2.26.